The van der Waals surface area contributed by atoms with Crippen molar-refractivity contribution in [2.75, 3.05) is 38.0 Å². The first-order chi connectivity index (χ1) is 14.4. The van der Waals surface area contributed by atoms with Crippen LogP contribution in [0.4, 0.5) is 10.1 Å². The normalized spacial score (nSPS) is 13.7. The maximum atomic E-state index is 13.2. The van der Waals surface area contributed by atoms with Gasteiger partial charge in [-0.15, -0.1) is 35.5 Å². The fourth-order valence-corrected chi connectivity index (χ4v) is 4.19. The topological polar surface area (TPSA) is 27.7 Å². The summed E-state index contributed by atoms with van der Waals surface area (Å²) in [7, 11) is 1.67. The standard InChI is InChI=1S/C18H19FNO.C5H11N2S2.Ru/c1-5-14-10-16(19)7-6-15(14)11-20-17-8-12(2)18(21-4)13(3)9-17;1-8-6-3-4-7(5-6)9-2;/h1,5-10,20H,11H2,2-4H3;5H,3-4H2,1-2H3;/q2*-1;+2. The Morgan fingerprint density at radius 3 is 2.16 bits per heavy atom. The maximum Gasteiger partial charge on any atom is 2.00 e. The number of methoxy groups -OCH3 is 1. The fraction of sp³-hybridized carbons (Fsp3) is 0.348. The number of halogens is 1. The van der Waals surface area contributed by atoms with Gasteiger partial charge in [-0.25, -0.2) is 10.5 Å². The van der Waals surface area contributed by atoms with Gasteiger partial charge in [-0.05, 0) is 68.8 Å². The van der Waals surface area contributed by atoms with Crippen molar-refractivity contribution in [2.45, 2.75) is 20.4 Å². The molecule has 1 N–H and O–H groups in total. The van der Waals surface area contributed by atoms with Gasteiger partial charge in [-0.1, -0.05) is 6.07 Å². The second-order valence-electron chi connectivity index (χ2n) is 6.77. The van der Waals surface area contributed by atoms with E-state index in [4.69, 9.17) is 11.3 Å². The van der Waals surface area contributed by atoms with E-state index in [2.05, 4.69) is 33.1 Å². The molecule has 0 radical (unpaired) electrons. The number of nitrogens with zero attached hydrogens (tertiary/aromatic N) is 2. The summed E-state index contributed by atoms with van der Waals surface area (Å²) in [5.74, 6) is 0.616. The van der Waals surface area contributed by atoms with Gasteiger partial charge in [0.15, 0.2) is 0 Å². The molecule has 0 unspecified atom stereocenters. The summed E-state index contributed by atoms with van der Waals surface area (Å²) >= 11 is 3.55. The second-order valence-corrected chi connectivity index (χ2v) is 8.44. The molecule has 170 valence electrons. The van der Waals surface area contributed by atoms with Crippen LogP contribution in [0.15, 0.2) is 30.3 Å². The Bertz CT molecular complexity index is 821. The van der Waals surface area contributed by atoms with Crippen LogP contribution in [0.1, 0.15) is 22.3 Å². The molecule has 0 spiro atoms. The Morgan fingerprint density at radius 1 is 1.13 bits per heavy atom. The molecule has 0 saturated carbocycles. The van der Waals surface area contributed by atoms with E-state index in [0.29, 0.717) is 12.1 Å². The van der Waals surface area contributed by atoms with Gasteiger partial charge in [0.05, 0.1) is 7.11 Å². The van der Waals surface area contributed by atoms with Gasteiger partial charge >= 0.3 is 19.5 Å². The van der Waals surface area contributed by atoms with E-state index < -0.39 is 0 Å². The third kappa shape index (κ3) is 8.43. The van der Waals surface area contributed by atoms with Crippen molar-refractivity contribution < 1.29 is 28.6 Å². The summed E-state index contributed by atoms with van der Waals surface area (Å²) < 4.78 is 23.0. The number of aryl methyl sites for hydroxylation is 2. The molecule has 31 heavy (non-hydrogen) atoms. The van der Waals surface area contributed by atoms with E-state index in [1.54, 1.807) is 37.1 Å². The number of hydrogen-bond acceptors (Lipinski definition) is 6. The summed E-state index contributed by atoms with van der Waals surface area (Å²) in [4.78, 5) is 0. The molecule has 1 aliphatic heterocycles. The molecule has 0 bridgehead atoms. The van der Waals surface area contributed by atoms with E-state index in [1.165, 1.54) is 18.2 Å². The van der Waals surface area contributed by atoms with Crippen LogP contribution in [0.5, 0.6) is 5.75 Å². The minimum absolute atomic E-state index is 0. The molecule has 2 aromatic carbocycles. The van der Waals surface area contributed by atoms with E-state index >= 15 is 0 Å². The first-order valence-electron chi connectivity index (χ1n) is 9.60. The van der Waals surface area contributed by atoms with Gasteiger partial charge in [0.25, 0.3) is 0 Å². The molecule has 2 aromatic rings. The Kier molecular flexibility index (Phi) is 12.8. The number of hydrogen-bond donors (Lipinski definition) is 1. The molecule has 0 atom stereocenters. The second kappa shape index (κ2) is 14.2. The summed E-state index contributed by atoms with van der Waals surface area (Å²) in [6.07, 6.45) is 5.62. The van der Waals surface area contributed by atoms with Crippen LogP contribution in [0.25, 0.3) is 6.08 Å². The zero-order valence-electron chi connectivity index (χ0n) is 18.6. The van der Waals surface area contributed by atoms with Crippen LogP contribution < -0.4 is 10.1 Å². The van der Waals surface area contributed by atoms with E-state index in [9.17, 15) is 4.39 Å². The van der Waals surface area contributed by atoms with E-state index in [0.717, 1.165) is 41.2 Å². The predicted octanol–water partition coefficient (Wildman–Crippen LogP) is 5.79. The third-order valence-corrected chi connectivity index (χ3v) is 6.19. The Balaban J connectivity index is 0.000000404. The zero-order chi connectivity index (χ0) is 22.1. The average Bonchev–Trinajstić information content (AvgIpc) is 3.21. The van der Waals surface area contributed by atoms with Crippen molar-refractivity contribution in [3.8, 4) is 5.75 Å². The number of nitrogens with one attached hydrogen (secondary N) is 1. The van der Waals surface area contributed by atoms with Crippen molar-refractivity contribution >= 4 is 35.7 Å². The van der Waals surface area contributed by atoms with Crippen molar-refractivity contribution in [1.82, 2.24) is 8.61 Å². The van der Waals surface area contributed by atoms with Crippen molar-refractivity contribution in [2.24, 2.45) is 0 Å². The minimum Gasteiger partial charge on any atom is -0.496 e. The van der Waals surface area contributed by atoms with Gasteiger partial charge in [-0.2, -0.15) is 12.2 Å². The van der Waals surface area contributed by atoms with Crippen LogP contribution >= 0.6 is 23.9 Å². The molecule has 4 nitrogen and oxygen atoms in total. The monoisotopic (exact) mass is 549 g/mol. The first kappa shape index (κ1) is 28.0. The van der Waals surface area contributed by atoms with Gasteiger partial charge in [0.1, 0.15) is 11.6 Å². The van der Waals surface area contributed by atoms with Crippen LogP contribution in [-0.4, -0.2) is 41.3 Å². The van der Waals surface area contributed by atoms with Crippen LogP contribution in [0.3, 0.4) is 0 Å². The molecule has 0 aliphatic carbocycles. The van der Waals surface area contributed by atoms with Gasteiger partial charge < -0.3 is 18.7 Å². The smallest absolute Gasteiger partial charge is 0.496 e. The predicted molar refractivity (Wildman–Crippen MR) is 130 cm³/mol. The number of anilines is 1. The number of benzene rings is 2. The molecule has 3 rings (SSSR count). The van der Waals surface area contributed by atoms with Crippen LogP contribution in [-0.2, 0) is 26.0 Å². The Morgan fingerprint density at radius 2 is 1.71 bits per heavy atom. The SMILES string of the molecule is CSN1[CH-]N(SC)CC1.[CH-]=Cc1cc(F)ccc1CNc1cc(C)c(OC)c(C)c1.[Ru+2]. The summed E-state index contributed by atoms with van der Waals surface area (Å²) in [6, 6.07) is 8.67. The van der Waals surface area contributed by atoms with E-state index in [-0.39, 0.29) is 25.3 Å². The minimum atomic E-state index is -0.286. The van der Waals surface area contributed by atoms with Crippen molar-refractivity contribution in [3.63, 3.8) is 0 Å². The Labute approximate surface area is 208 Å². The first-order valence-corrected chi connectivity index (χ1v) is 12.0. The summed E-state index contributed by atoms with van der Waals surface area (Å²) in [5, 5.41) is 3.33. The van der Waals surface area contributed by atoms with Gasteiger partial charge in [0.2, 0.25) is 0 Å². The van der Waals surface area contributed by atoms with Gasteiger partial charge in [-0.3, -0.25) is 6.58 Å². The van der Waals surface area contributed by atoms with Crippen LogP contribution in [0, 0.1) is 32.9 Å². The van der Waals surface area contributed by atoms with Crippen molar-refractivity contribution in [3.05, 3.63) is 71.7 Å². The quantitative estimate of drug-likeness (QED) is 0.268. The molecular formula is C23H30FN3ORuS2. The summed E-state index contributed by atoms with van der Waals surface area (Å²) in [5.41, 5.74) is 4.79. The van der Waals surface area contributed by atoms with Crippen LogP contribution in [0.2, 0.25) is 0 Å². The molecule has 1 saturated heterocycles. The molecule has 0 amide bonds. The molecule has 8 heteroatoms. The molecule has 1 aliphatic rings. The largest absolute Gasteiger partial charge is 2.00 e. The zero-order valence-corrected chi connectivity index (χ0v) is 22.0. The maximum absolute atomic E-state index is 13.2. The third-order valence-electron chi connectivity index (χ3n) is 4.70. The van der Waals surface area contributed by atoms with Crippen molar-refractivity contribution in [1.29, 1.82) is 0 Å². The van der Waals surface area contributed by atoms with E-state index in [1.807, 2.05) is 26.0 Å². The molecule has 1 heterocycles. The Hall–Kier alpha value is -1.05. The van der Waals surface area contributed by atoms with Gasteiger partial charge in [0, 0.05) is 12.2 Å². The molecule has 1 fully saturated rings. The fourth-order valence-electron chi connectivity index (χ4n) is 3.19. The number of ether oxygens (including phenoxy) is 1. The number of rotatable bonds is 7. The summed E-state index contributed by atoms with van der Waals surface area (Å²) in [6.45, 7) is 14.6. The molecular weight excluding hydrogens is 518 g/mol. The average molecular weight is 549 g/mol. The molecule has 0 aromatic heterocycles.